The Labute approximate surface area is 130 Å². The van der Waals surface area contributed by atoms with Crippen LogP contribution in [0.1, 0.15) is 19.4 Å². The predicted molar refractivity (Wildman–Crippen MR) is 79.2 cm³/mol. The lowest BCUT2D eigenvalue weighted by molar-refractivity contribution is -0.276. The van der Waals surface area contributed by atoms with Gasteiger partial charge in [-0.05, 0) is 26.0 Å². The maximum Gasteiger partial charge on any atom is 0.412 e. The van der Waals surface area contributed by atoms with Gasteiger partial charge in [0, 0.05) is 26.6 Å². The Morgan fingerprint density at radius 3 is 2.41 bits per heavy atom. The van der Waals surface area contributed by atoms with Gasteiger partial charge >= 0.3 is 6.09 Å². The summed E-state index contributed by atoms with van der Waals surface area (Å²) in [4.78, 5) is 11.5. The number of methoxy groups -OCH3 is 2. The van der Waals surface area contributed by atoms with Crippen LogP contribution in [0.25, 0.3) is 0 Å². The van der Waals surface area contributed by atoms with E-state index in [-0.39, 0.29) is 14.2 Å². The van der Waals surface area contributed by atoms with Crippen LogP contribution >= 0.6 is 8.46 Å². The lowest BCUT2D eigenvalue weighted by Crippen LogP contribution is -2.49. The third-order valence-electron chi connectivity index (χ3n) is 3.63. The Bertz CT molecular complexity index is 612. The Balaban J connectivity index is 2.67. The highest BCUT2D eigenvalue weighted by molar-refractivity contribution is 7.34. The summed E-state index contributed by atoms with van der Waals surface area (Å²) in [5.41, 5.74) is -0.361. The average molecular weight is 327 g/mol. The molecule has 0 aliphatic carbocycles. The van der Waals surface area contributed by atoms with E-state index < -0.39 is 17.5 Å². The van der Waals surface area contributed by atoms with E-state index in [4.69, 9.17) is 18.9 Å². The highest BCUT2D eigenvalue weighted by atomic mass is 31.1. The number of hydrogen-bond acceptors (Lipinski definition) is 6. The van der Waals surface area contributed by atoms with Gasteiger partial charge in [0.25, 0.3) is 0 Å². The summed E-state index contributed by atoms with van der Waals surface area (Å²) in [7, 11) is 4.20. The van der Waals surface area contributed by atoms with E-state index in [1.165, 1.54) is 27.3 Å². The molecular weight excluding hydrogens is 309 g/mol. The monoisotopic (exact) mass is 327 g/mol. The molecule has 0 radical (unpaired) electrons. The Kier molecular flexibility index (Phi) is 4.42. The van der Waals surface area contributed by atoms with Gasteiger partial charge in [0.1, 0.15) is 0 Å². The van der Waals surface area contributed by atoms with Gasteiger partial charge in [-0.2, -0.15) is 0 Å². The minimum absolute atomic E-state index is 0.152. The summed E-state index contributed by atoms with van der Waals surface area (Å²) in [6.45, 7) is 3.58. The predicted octanol–water partition coefficient (Wildman–Crippen LogP) is 1.94. The number of fused-ring (bicyclic) bond motifs is 1. The first-order chi connectivity index (χ1) is 10.3. The molecule has 22 heavy (non-hydrogen) atoms. The molecule has 1 amide bonds. The zero-order valence-corrected chi connectivity index (χ0v) is 13.9. The molecule has 0 spiro atoms. The van der Waals surface area contributed by atoms with Crippen molar-refractivity contribution in [2.24, 2.45) is 0 Å². The van der Waals surface area contributed by atoms with Gasteiger partial charge in [-0.1, -0.05) is 0 Å². The van der Waals surface area contributed by atoms with Gasteiger partial charge in [-0.3, -0.25) is 4.57 Å². The van der Waals surface area contributed by atoms with Gasteiger partial charge in [0.15, 0.2) is 25.6 Å². The van der Waals surface area contributed by atoms with Gasteiger partial charge in [-0.25, -0.2) is 4.79 Å². The number of ether oxygens (including phenoxy) is 4. The van der Waals surface area contributed by atoms with Crippen LogP contribution in [0.4, 0.5) is 4.79 Å². The molecule has 0 saturated heterocycles. The topological polar surface area (TPSA) is 83.1 Å². The molecule has 120 valence electrons. The first-order valence-corrected chi connectivity index (χ1v) is 7.37. The number of nitrogens with one attached hydrogen (secondary N) is 1. The lowest BCUT2D eigenvalue weighted by atomic mass is 9.92. The molecule has 1 aromatic carbocycles. The molecule has 0 atom stereocenters. The van der Waals surface area contributed by atoms with Gasteiger partial charge in [-0.15, -0.1) is 0 Å². The zero-order valence-electron chi connectivity index (χ0n) is 13.1. The maximum atomic E-state index is 11.5. The van der Waals surface area contributed by atoms with Crippen LogP contribution in [0.3, 0.4) is 0 Å². The smallest absolute Gasteiger partial charge is 0.412 e. The van der Waals surface area contributed by atoms with Crippen molar-refractivity contribution in [1.82, 2.24) is 5.32 Å². The Hall–Kier alpha value is -1.69. The van der Waals surface area contributed by atoms with Crippen LogP contribution in [0, 0.1) is 0 Å². The van der Waals surface area contributed by atoms with Crippen LogP contribution in [0.2, 0.25) is 0 Å². The fourth-order valence-electron chi connectivity index (χ4n) is 2.66. The lowest BCUT2D eigenvalue weighted by Gasteiger charge is -2.36. The van der Waals surface area contributed by atoms with Crippen molar-refractivity contribution < 1.29 is 28.3 Å². The number of carbonyl (C=O) groups excluding carboxylic acids is 1. The van der Waals surface area contributed by atoms with E-state index in [2.05, 4.69) is 5.32 Å². The Morgan fingerprint density at radius 2 is 1.91 bits per heavy atom. The van der Waals surface area contributed by atoms with Crippen LogP contribution in [-0.4, -0.2) is 33.0 Å². The van der Waals surface area contributed by atoms with E-state index >= 15 is 0 Å². The highest BCUT2D eigenvalue weighted by Crippen LogP contribution is 2.53. The number of rotatable bonds is 4. The molecule has 0 aromatic heterocycles. The van der Waals surface area contributed by atoms with Crippen molar-refractivity contribution >= 4 is 19.9 Å². The quantitative estimate of drug-likeness (QED) is 0.672. The van der Waals surface area contributed by atoms with Crippen molar-refractivity contribution in [3.63, 3.8) is 0 Å². The van der Waals surface area contributed by atoms with E-state index in [0.717, 1.165) is 0 Å². The second-order valence-electron chi connectivity index (χ2n) is 5.19. The standard InChI is InChI=1S/C14H18NO6P/c1-13(2)14(18-4,19-5)9-6-8(22-17)7-10(11(9)21-13)20-12(16)15-3/h6-7H,1-5H3,(H,15,16). The van der Waals surface area contributed by atoms with Crippen molar-refractivity contribution in [2.75, 3.05) is 21.3 Å². The average Bonchev–Trinajstić information content (AvgIpc) is 2.73. The summed E-state index contributed by atoms with van der Waals surface area (Å²) in [5.74, 6) is -0.729. The SMILES string of the molecule is CNC(=O)Oc1cc(P=O)cc2c1OC(C)(C)C2(OC)OC. The van der Waals surface area contributed by atoms with Gasteiger partial charge < -0.3 is 24.3 Å². The molecule has 1 aliphatic heterocycles. The molecule has 1 heterocycles. The fourth-order valence-corrected chi connectivity index (χ4v) is 3.01. The number of benzene rings is 1. The summed E-state index contributed by atoms with van der Waals surface area (Å²) in [6, 6.07) is 3.11. The van der Waals surface area contributed by atoms with Crippen LogP contribution in [0.5, 0.6) is 11.5 Å². The summed E-state index contributed by atoms with van der Waals surface area (Å²) < 4.78 is 33.5. The molecule has 8 heteroatoms. The summed E-state index contributed by atoms with van der Waals surface area (Å²) in [6.07, 6.45) is -0.657. The van der Waals surface area contributed by atoms with Gasteiger partial charge in [0.2, 0.25) is 5.79 Å². The third kappa shape index (κ3) is 2.35. The van der Waals surface area contributed by atoms with Crippen LogP contribution < -0.4 is 20.1 Å². The first-order valence-electron chi connectivity index (χ1n) is 6.56. The molecule has 1 N–H and O–H groups in total. The largest absolute Gasteiger partial charge is 0.477 e. The maximum absolute atomic E-state index is 11.5. The zero-order chi connectivity index (χ0) is 16.5. The normalized spacial score (nSPS) is 17.7. The minimum atomic E-state index is -1.20. The molecule has 1 aliphatic rings. The molecule has 0 unspecified atom stereocenters. The van der Waals surface area contributed by atoms with Crippen molar-refractivity contribution in [1.29, 1.82) is 0 Å². The number of carbonyl (C=O) groups is 1. The molecule has 2 rings (SSSR count). The molecule has 0 saturated carbocycles. The van der Waals surface area contributed by atoms with E-state index in [0.29, 0.717) is 16.6 Å². The summed E-state index contributed by atoms with van der Waals surface area (Å²) >= 11 is 0. The van der Waals surface area contributed by atoms with Crippen molar-refractivity contribution in [2.45, 2.75) is 25.2 Å². The highest BCUT2D eigenvalue weighted by Gasteiger charge is 2.58. The second-order valence-corrected chi connectivity index (χ2v) is 5.89. The molecule has 7 nitrogen and oxygen atoms in total. The van der Waals surface area contributed by atoms with Crippen molar-refractivity contribution in [3.05, 3.63) is 17.7 Å². The molecular formula is C14H18NO6P. The minimum Gasteiger partial charge on any atom is -0.477 e. The van der Waals surface area contributed by atoms with Gasteiger partial charge in [0.05, 0.1) is 5.56 Å². The van der Waals surface area contributed by atoms with E-state index in [1.807, 2.05) is 0 Å². The summed E-state index contributed by atoms with van der Waals surface area (Å²) in [5, 5.41) is 2.77. The fraction of sp³-hybridized carbons (Fsp3) is 0.500. The molecule has 0 fully saturated rings. The first kappa shape index (κ1) is 16.7. The molecule has 1 aromatic rings. The van der Waals surface area contributed by atoms with E-state index in [9.17, 15) is 9.36 Å². The van der Waals surface area contributed by atoms with Crippen molar-refractivity contribution in [3.8, 4) is 11.5 Å². The Morgan fingerprint density at radius 1 is 1.27 bits per heavy atom. The number of hydrogen-bond donors (Lipinski definition) is 1. The number of amides is 1. The third-order valence-corrected chi connectivity index (χ3v) is 4.10. The molecule has 0 bridgehead atoms. The van der Waals surface area contributed by atoms with Crippen LogP contribution in [-0.2, 0) is 19.8 Å². The second kappa shape index (κ2) is 5.83. The van der Waals surface area contributed by atoms with Crippen LogP contribution in [0.15, 0.2) is 12.1 Å². The van der Waals surface area contributed by atoms with E-state index in [1.54, 1.807) is 19.9 Å².